The van der Waals surface area contributed by atoms with Gasteiger partial charge < -0.3 is 19.2 Å². The molecule has 2 unspecified atom stereocenters. The number of nitrogens with zero attached hydrogens (tertiary/aromatic N) is 2. The number of thiazole rings is 1. The van der Waals surface area contributed by atoms with E-state index in [2.05, 4.69) is 4.98 Å². The van der Waals surface area contributed by atoms with E-state index in [9.17, 15) is 14.7 Å². The molecule has 0 aromatic carbocycles. The number of ether oxygens (including phenoxy) is 1. The molecule has 3 heterocycles. The second-order valence-corrected chi connectivity index (χ2v) is 6.58. The van der Waals surface area contributed by atoms with Gasteiger partial charge in [0.2, 0.25) is 5.91 Å². The largest absolute Gasteiger partial charge is 0.480 e. The Labute approximate surface area is 142 Å². The lowest BCUT2D eigenvalue weighted by atomic mass is 10.2. The summed E-state index contributed by atoms with van der Waals surface area (Å²) >= 11 is 1.40. The Bertz CT molecular complexity index is 753. The lowest BCUT2D eigenvalue weighted by Gasteiger charge is -2.20. The number of methoxy groups -OCH3 is 1. The van der Waals surface area contributed by atoms with Crippen LogP contribution in [0.5, 0.6) is 0 Å². The summed E-state index contributed by atoms with van der Waals surface area (Å²) in [6.07, 6.45) is 0.134. The highest BCUT2D eigenvalue weighted by Crippen LogP contribution is 2.27. The predicted octanol–water partition coefficient (Wildman–Crippen LogP) is 1.95. The summed E-state index contributed by atoms with van der Waals surface area (Å²) in [5.74, 6) is 0.201. The van der Waals surface area contributed by atoms with E-state index in [4.69, 9.17) is 9.15 Å². The zero-order chi connectivity index (χ0) is 17.3. The van der Waals surface area contributed by atoms with Gasteiger partial charge in [0.25, 0.3) is 0 Å². The van der Waals surface area contributed by atoms with Crippen LogP contribution in [0.25, 0.3) is 10.8 Å². The quantitative estimate of drug-likeness (QED) is 0.886. The van der Waals surface area contributed by atoms with Crippen molar-refractivity contribution in [1.29, 1.82) is 0 Å². The van der Waals surface area contributed by atoms with Crippen molar-refractivity contribution in [1.82, 2.24) is 9.88 Å². The molecule has 1 aliphatic rings. The third-order valence-corrected chi connectivity index (χ3v) is 4.94. The number of rotatable bonds is 5. The van der Waals surface area contributed by atoms with Crippen molar-refractivity contribution in [3.05, 3.63) is 29.0 Å². The molecule has 0 saturated carbocycles. The van der Waals surface area contributed by atoms with Crippen LogP contribution in [0.1, 0.15) is 17.9 Å². The van der Waals surface area contributed by atoms with Crippen LogP contribution in [0.2, 0.25) is 0 Å². The number of aliphatic carboxylic acids is 1. The highest BCUT2D eigenvalue weighted by atomic mass is 32.1. The van der Waals surface area contributed by atoms with Crippen molar-refractivity contribution in [3.63, 3.8) is 0 Å². The predicted molar refractivity (Wildman–Crippen MR) is 86.8 cm³/mol. The van der Waals surface area contributed by atoms with E-state index in [0.29, 0.717) is 29.4 Å². The molecule has 8 heteroatoms. The maximum Gasteiger partial charge on any atom is 0.326 e. The SMILES string of the molecule is COC1CC(C(=O)O)N(C(=O)Cc2csc(-c3ccc(C)o3)n2)C1. The molecule has 0 radical (unpaired) electrons. The smallest absolute Gasteiger partial charge is 0.326 e. The number of amides is 1. The van der Waals surface area contributed by atoms with Crippen molar-refractivity contribution < 1.29 is 23.8 Å². The first-order chi connectivity index (χ1) is 11.5. The van der Waals surface area contributed by atoms with Crippen LogP contribution >= 0.6 is 11.3 Å². The summed E-state index contributed by atoms with van der Waals surface area (Å²) in [4.78, 5) is 29.6. The van der Waals surface area contributed by atoms with Gasteiger partial charge in [0.1, 0.15) is 11.8 Å². The van der Waals surface area contributed by atoms with Crippen molar-refractivity contribution in [2.45, 2.75) is 31.9 Å². The fourth-order valence-electron chi connectivity index (χ4n) is 2.79. The Morgan fingerprint density at radius 3 is 2.92 bits per heavy atom. The summed E-state index contributed by atoms with van der Waals surface area (Å²) in [6, 6.07) is 2.85. The third kappa shape index (κ3) is 3.34. The monoisotopic (exact) mass is 350 g/mol. The maximum absolute atomic E-state index is 12.5. The standard InChI is InChI=1S/C16H18N2O5S/c1-9-3-4-13(23-9)15-17-10(8-24-15)5-14(19)18-7-11(22-2)6-12(18)16(20)21/h3-4,8,11-12H,5-7H2,1-2H3,(H,20,21). The van der Waals surface area contributed by atoms with E-state index in [0.717, 1.165) is 5.76 Å². The van der Waals surface area contributed by atoms with Crippen molar-refractivity contribution >= 4 is 23.2 Å². The molecule has 2 atom stereocenters. The minimum atomic E-state index is -1.01. The van der Waals surface area contributed by atoms with Crippen LogP contribution < -0.4 is 0 Å². The minimum Gasteiger partial charge on any atom is -0.480 e. The number of furan rings is 1. The molecule has 0 aliphatic carbocycles. The summed E-state index contributed by atoms with van der Waals surface area (Å²) in [5, 5.41) is 11.8. The first-order valence-electron chi connectivity index (χ1n) is 7.54. The van der Waals surface area contributed by atoms with Gasteiger partial charge >= 0.3 is 5.97 Å². The summed E-state index contributed by atoms with van der Waals surface area (Å²) < 4.78 is 10.7. The number of aromatic nitrogens is 1. The Kier molecular flexibility index (Phi) is 4.68. The summed E-state index contributed by atoms with van der Waals surface area (Å²) in [6.45, 7) is 2.15. The fraction of sp³-hybridized carbons (Fsp3) is 0.438. The van der Waals surface area contributed by atoms with Gasteiger partial charge in [-0.25, -0.2) is 9.78 Å². The Morgan fingerprint density at radius 2 is 2.29 bits per heavy atom. The molecule has 2 aromatic rings. The van der Waals surface area contributed by atoms with Gasteiger partial charge in [0.05, 0.1) is 18.2 Å². The van der Waals surface area contributed by atoms with Crippen LogP contribution in [0.15, 0.2) is 21.9 Å². The number of carboxylic acids is 1. The van der Waals surface area contributed by atoms with Crippen molar-refractivity contribution in [3.8, 4) is 10.8 Å². The van der Waals surface area contributed by atoms with Crippen LogP contribution in [0.3, 0.4) is 0 Å². The first kappa shape index (κ1) is 16.7. The molecule has 7 nitrogen and oxygen atoms in total. The van der Waals surface area contributed by atoms with Gasteiger partial charge in [0.15, 0.2) is 10.8 Å². The van der Waals surface area contributed by atoms with E-state index >= 15 is 0 Å². The molecule has 1 amide bonds. The van der Waals surface area contributed by atoms with Crippen molar-refractivity contribution in [2.75, 3.05) is 13.7 Å². The average Bonchev–Trinajstić information content (AvgIpc) is 3.25. The molecular formula is C16H18N2O5S. The Hall–Kier alpha value is -2.19. The zero-order valence-corrected chi connectivity index (χ0v) is 14.2. The molecule has 2 aromatic heterocycles. The third-order valence-electron chi connectivity index (χ3n) is 4.04. The second-order valence-electron chi connectivity index (χ2n) is 5.72. The van der Waals surface area contributed by atoms with E-state index in [1.807, 2.05) is 19.1 Å². The molecule has 0 spiro atoms. The molecule has 3 rings (SSSR count). The molecule has 24 heavy (non-hydrogen) atoms. The molecule has 128 valence electrons. The Balaban J connectivity index is 1.70. The van der Waals surface area contributed by atoms with Gasteiger partial charge in [-0.05, 0) is 19.1 Å². The highest BCUT2D eigenvalue weighted by molar-refractivity contribution is 7.13. The van der Waals surface area contributed by atoms with Crippen LogP contribution in [0, 0.1) is 6.92 Å². The van der Waals surface area contributed by atoms with E-state index in [1.165, 1.54) is 23.3 Å². The zero-order valence-electron chi connectivity index (χ0n) is 13.4. The number of hydrogen-bond donors (Lipinski definition) is 1. The van der Waals surface area contributed by atoms with Crippen LogP contribution in [-0.4, -0.2) is 52.7 Å². The van der Waals surface area contributed by atoms with Gasteiger partial charge in [-0.3, -0.25) is 4.79 Å². The van der Waals surface area contributed by atoms with E-state index < -0.39 is 12.0 Å². The van der Waals surface area contributed by atoms with Crippen LogP contribution in [0.4, 0.5) is 0 Å². The highest BCUT2D eigenvalue weighted by Gasteiger charge is 2.39. The minimum absolute atomic E-state index is 0.0659. The van der Waals surface area contributed by atoms with E-state index in [-0.39, 0.29) is 18.4 Å². The first-order valence-corrected chi connectivity index (χ1v) is 8.42. The summed E-state index contributed by atoms with van der Waals surface area (Å²) in [7, 11) is 1.52. The Morgan fingerprint density at radius 1 is 1.50 bits per heavy atom. The number of hydrogen-bond acceptors (Lipinski definition) is 6. The molecule has 1 N–H and O–H groups in total. The normalized spacial score (nSPS) is 20.5. The number of carboxylic acid groups (broad SMARTS) is 1. The van der Waals surface area contributed by atoms with Crippen molar-refractivity contribution in [2.24, 2.45) is 0 Å². The molecule has 1 saturated heterocycles. The molecular weight excluding hydrogens is 332 g/mol. The summed E-state index contributed by atoms with van der Waals surface area (Å²) in [5.41, 5.74) is 0.610. The number of carbonyl (C=O) groups is 2. The topological polar surface area (TPSA) is 92.9 Å². The molecule has 1 aliphatic heterocycles. The fourth-order valence-corrected chi connectivity index (χ4v) is 3.56. The second kappa shape index (κ2) is 6.74. The maximum atomic E-state index is 12.5. The number of aryl methyl sites for hydroxylation is 1. The van der Waals surface area contributed by atoms with Gasteiger partial charge in [0, 0.05) is 25.5 Å². The number of likely N-dealkylation sites (tertiary alicyclic amines) is 1. The molecule has 1 fully saturated rings. The number of carbonyl (C=O) groups excluding carboxylic acids is 1. The van der Waals surface area contributed by atoms with E-state index in [1.54, 1.807) is 5.38 Å². The van der Waals surface area contributed by atoms with Gasteiger partial charge in [-0.2, -0.15) is 0 Å². The van der Waals surface area contributed by atoms with Crippen LogP contribution in [-0.2, 0) is 20.7 Å². The van der Waals surface area contributed by atoms with Gasteiger partial charge in [-0.1, -0.05) is 0 Å². The lowest BCUT2D eigenvalue weighted by Crippen LogP contribution is -2.41. The average molecular weight is 350 g/mol. The molecule has 0 bridgehead atoms. The lowest BCUT2D eigenvalue weighted by molar-refractivity contribution is -0.148. The van der Waals surface area contributed by atoms with Gasteiger partial charge in [-0.15, -0.1) is 11.3 Å².